The van der Waals surface area contributed by atoms with Crippen LogP contribution >= 0.6 is 45.9 Å². The Labute approximate surface area is 348 Å². The van der Waals surface area contributed by atoms with E-state index in [2.05, 4.69) is 15.3 Å². The van der Waals surface area contributed by atoms with Gasteiger partial charge in [0.2, 0.25) is 5.91 Å². The number of nitrogens with zero attached hydrogens (tertiary/aromatic N) is 4. The van der Waals surface area contributed by atoms with Crippen molar-refractivity contribution in [2.24, 2.45) is 5.92 Å². The summed E-state index contributed by atoms with van der Waals surface area (Å²) < 4.78 is 0. The van der Waals surface area contributed by atoms with Gasteiger partial charge in [-0.15, -0.1) is 22.7 Å². The molecule has 0 aliphatic heterocycles. The van der Waals surface area contributed by atoms with Crippen molar-refractivity contribution in [3.63, 3.8) is 0 Å². The van der Waals surface area contributed by atoms with Crippen molar-refractivity contribution < 1.29 is 29.4 Å². The van der Waals surface area contributed by atoms with Crippen LogP contribution in [0.1, 0.15) is 24.0 Å². The Morgan fingerprint density at radius 1 is 0.667 bits per heavy atom. The standard InChI is InChI=1S/C22H21ClN2O3S.C20H18ClN3O3S/c1-14-7-9-15(10-8-14)11-16(12-20(26)27)21(28)25(2)22-24-19(13-29-22)17-5-3-4-6-18(17)23;1-24(20-23-17(12-28-20)14-9-5-6-10-15(14)21)19(27)16(11-18(25)26)22-13-7-3-2-4-8-13/h3-10,13,16H,11-12H2,1-2H3,(H,26,27);2-10,12,16,22H,11H2,1H3,(H,25,26). The van der Waals surface area contributed by atoms with Gasteiger partial charge in [-0.2, -0.15) is 0 Å². The number of carboxylic acids is 2. The lowest BCUT2D eigenvalue weighted by atomic mass is 9.94. The molecule has 0 saturated carbocycles. The van der Waals surface area contributed by atoms with E-state index < -0.39 is 23.9 Å². The van der Waals surface area contributed by atoms with Crippen LogP contribution in [0.3, 0.4) is 0 Å². The van der Waals surface area contributed by atoms with Crippen molar-refractivity contribution in [2.45, 2.75) is 32.2 Å². The highest BCUT2D eigenvalue weighted by atomic mass is 35.5. The molecule has 11 nitrogen and oxygen atoms in total. The first-order valence-corrected chi connectivity index (χ1v) is 20.1. The summed E-state index contributed by atoms with van der Waals surface area (Å²) >= 11 is 15.1. The Morgan fingerprint density at radius 3 is 1.63 bits per heavy atom. The highest BCUT2D eigenvalue weighted by molar-refractivity contribution is 7.14. The Kier molecular flexibility index (Phi) is 14.9. The fraction of sp³-hybridized carbons (Fsp3) is 0.190. The summed E-state index contributed by atoms with van der Waals surface area (Å²) in [7, 11) is 3.21. The van der Waals surface area contributed by atoms with Gasteiger partial charge in [-0.05, 0) is 43.2 Å². The maximum Gasteiger partial charge on any atom is 0.305 e. The van der Waals surface area contributed by atoms with Gasteiger partial charge in [0.25, 0.3) is 5.91 Å². The van der Waals surface area contributed by atoms with Crippen LogP contribution in [-0.4, -0.2) is 64.1 Å². The molecular formula is C42H39Cl2N5O6S2. The number of rotatable bonds is 14. The van der Waals surface area contributed by atoms with Crippen molar-refractivity contribution in [1.29, 1.82) is 0 Å². The molecule has 2 unspecified atom stereocenters. The summed E-state index contributed by atoms with van der Waals surface area (Å²) in [4.78, 5) is 60.4. The maximum atomic E-state index is 13.1. The number of para-hydroxylation sites is 1. The highest BCUT2D eigenvalue weighted by Gasteiger charge is 2.29. The number of amides is 2. The number of halogens is 2. The number of benzene rings is 4. The predicted octanol–water partition coefficient (Wildman–Crippen LogP) is 9.45. The quantitative estimate of drug-likeness (QED) is 0.0974. The third-order valence-electron chi connectivity index (χ3n) is 8.68. The van der Waals surface area contributed by atoms with Crippen molar-refractivity contribution in [3.8, 4) is 22.5 Å². The molecule has 0 fully saturated rings. The van der Waals surface area contributed by atoms with Crippen LogP contribution in [0.5, 0.6) is 0 Å². The van der Waals surface area contributed by atoms with Gasteiger partial charge in [-0.25, -0.2) is 9.97 Å². The molecule has 3 N–H and O–H groups in total. The van der Waals surface area contributed by atoms with Gasteiger partial charge in [-0.3, -0.25) is 29.0 Å². The number of thiazole rings is 2. The largest absolute Gasteiger partial charge is 0.481 e. The third-order valence-corrected chi connectivity index (χ3v) is 11.2. The molecule has 15 heteroatoms. The minimum absolute atomic E-state index is 0.236. The predicted molar refractivity (Wildman–Crippen MR) is 229 cm³/mol. The zero-order valence-electron chi connectivity index (χ0n) is 31.1. The average molecular weight is 845 g/mol. The van der Waals surface area contributed by atoms with Gasteiger partial charge in [0, 0.05) is 51.7 Å². The summed E-state index contributed by atoms with van der Waals surface area (Å²) in [6.45, 7) is 1.98. The van der Waals surface area contributed by atoms with E-state index >= 15 is 0 Å². The van der Waals surface area contributed by atoms with E-state index in [1.807, 2.05) is 96.5 Å². The summed E-state index contributed by atoms with van der Waals surface area (Å²) in [6, 6.07) is 30.6. The first-order chi connectivity index (χ1) is 27.3. The van der Waals surface area contributed by atoms with Crippen molar-refractivity contribution in [3.05, 3.63) is 135 Å². The number of likely N-dealkylation sites (N-methyl/N-ethyl adjacent to an activating group) is 1. The van der Waals surface area contributed by atoms with Crippen molar-refractivity contribution in [1.82, 2.24) is 9.97 Å². The van der Waals surface area contributed by atoms with Crippen LogP contribution < -0.4 is 15.1 Å². The second-order valence-corrected chi connectivity index (χ2v) is 15.4. The fourth-order valence-electron chi connectivity index (χ4n) is 5.69. The molecule has 6 aromatic rings. The highest BCUT2D eigenvalue weighted by Crippen LogP contribution is 2.33. The van der Waals surface area contributed by atoms with E-state index in [-0.39, 0.29) is 24.7 Å². The molecule has 0 aliphatic carbocycles. The molecule has 2 aromatic heterocycles. The lowest BCUT2D eigenvalue weighted by molar-refractivity contribution is -0.140. The summed E-state index contributed by atoms with van der Waals surface area (Å²) in [5, 5.41) is 27.3. The zero-order chi connectivity index (χ0) is 41.1. The van der Waals surface area contributed by atoms with E-state index in [4.69, 9.17) is 23.2 Å². The number of carbonyl (C=O) groups is 4. The van der Waals surface area contributed by atoms with Gasteiger partial charge in [-0.1, -0.05) is 108 Å². The van der Waals surface area contributed by atoms with Crippen molar-refractivity contribution >= 4 is 85.6 Å². The van der Waals surface area contributed by atoms with Crippen LogP contribution in [0, 0.1) is 12.8 Å². The number of aryl methyl sites for hydroxylation is 1. The number of aromatic nitrogens is 2. The van der Waals surface area contributed by atoms with E-state index in [0.29, 0.717) is 43.8 Å². The van der Waals surface area contributed by atoms with Gasteiger partial charge >= 0.3 is 11.9 Å². The molecule has 2 amide bonds. The van der Waals surface area contributed by atoms with Crippen LogP contribution in [0.2, 0.25) is 10.0 Å². The van der Waals surface area contributed by atoms with E-state index in [1.54, 1.807) is 38.4 Å². The van der Waals surface area contributed by atoms with Crippen LogP contribution in [0.25, 0.3) is 22.5 Å². The lowest BCUT2D eigenvalue weighted by Gasteiger charge is -2.22. The van der Waals surface area contributed by atoms with Gasteiger partial charge in [0.15, 0.2) is 10.3 Å². The third kappa shape index (κ3) is 11.7. The number of hydrogen-bond acceptors (Lipinski definition) is 9. The molecule has 4 aromatic carbocycles. The van der Waals surface area contributed by atoms with E-state index in [1.165, 1.54) is 32.5 Å². The first kappa shape index (κ1) is 42.5. The molecule has 0 bridgehead atoms. The van der Waals surface area contributed by atoms with E-state index in [9.17, 15) is 29.4 Å². The minimum Gasteiger partial charge on any atom is -0.481 e. The van der Waals surface area contributed by atoms with Crippen LogP contribution in [-0.2, 0) is 25.6 Å². The number of carbonyl (C=O) groups excluding carboxylic acids is 2. The Bertz CT molecular complexity index is 2320. The summed E-state index contributed by atoms with van der Waals surface area (Å²) in [5.74, 6) is -3.39. The topological polar surface area (TPSA) is 153 Å². The molecule has 0 aliphatic rings. The van der Waals surface area contributed by atoms with Crippen LogP contribution in [0.15, 0.2) is 114 Å². The summed E-state index contributed by atoms with van der Waals surface area (Å²) in [5.41, 5.74) is 5.63. The van der Waals surface area contributed by atoms with Crippen molar-refractivity contribution in [2.75, 3.05) is 29.2 Å². The number of carboxylic acid groups (broad SMARTS) is 2. The number of nitrogens with one attached hydrogen (secondary N) is 1. The van der Waals surface area contributed by atoms with Crippen LogP contribution in [0.4, 0.5) is 16.0 Å². The monoisotopic (exact) mass is 843 g/mol. The molecular weight excluding hydrogens is 806 g/mol. The summed E-state index contributed by atoms with van der Waals surface area (Å²) in [6.07, 6.45) is -0.223. The number of hydrogen-bond donors (Lipinski definition) is 3. The first-order valence-electron chi connectivity index (χ1n) is 17.6. The van der Waals surface area contributed by atoms with E-state index in [0.717, 1.165) is 22.3 Å². The molecule has 0 saturated heterocycles. The molecule has 57 heavy (non-hydrogen) atoms. The number of anilines is 3. The second kappa shape index (κ2) is 20.0. The zero-order valence-corrected chi connectivity index (χ0v) is 34.3. The molecule has 6 rings (SSSR count). The fourth-order valence-corrected chi connectivity index (χ4v) is 7.75. The molecule has 2 heterocycles. The lowest BCUT2D eigenvalue weighted by Crippen LogP contribution is -2.42. The Morgan fingerprint density at radius 2 is 1.14 bits per heavy atom. The smallest absolute Gasteiger partial charge is 0.305 e. The van der Waals surface area contributed by atoms with Gasteiger partial charge in [0.1, 0.15) is 6.04 Å². The minimum atomic E-state index is -1.06. The Balaban J connectivity index is 0.000000218. The Hall–Kier alpha value is -5.60. The number of aliphatic carboxylic acids is 2. The second-order valence-electron chi connectivity index (χ2n) is 12.9. The van der Waals surface area contributed by atoms with Gasteiger partial charge in [0.05, 0.1) is 30.1 Å². The molecule has 0 radical (unpaired) electrons. The molecule has 2 atom stereocenters. The van der Waals surface area contributed by atoms with Gasteiger partial charge < -0.3 is 15.5 Å². The maximum absolute atomic E-state index is 13.1. The molecule has 0 spiro atoms. The molecule has 294 valence electrons. The normalized spacial score (nSPS) is 11.7. The SMILES string of the molecule is CN(C(=O)C(CC(=O)O)Nc1ccccc1)c1nc(-c2ccccc2Cl)cs1.Cc1ccc(CC(CC(=O)O)C(=O)N(C)c2nc(-c3ccccc3Cl)cs2)cc1. The average Bonchev–Trinajstić information content (AvgIpc) is 3.89.